The second-order valence-electron chi connectivity index (χ2n) is 7.69. The number of hydrogen-bond acceptors (Lipinski definition) is 0. The standard InChI is InChI=1S/C20H42N/c1-5-6-7-8-9-10-11-12-13-14-15-16-17-18-19-20-21(2,3)4/h5H,1,6-20H2,2-4H3/q+1. The molecule has 0 aliphatic rings. The van der Waals surface area contributed by atoms with E-state index in [0.717, 1.165) is 4.48 Å². The monoisotopic (exact) mass is 296 g/mol. The number of nitrogens with zero attached hydrogens (tertiary/aromatic N) is 1. The molecule has 0 aliphatic heterocycles. The summed E-state index contributed by atoms with van der Waals surface area (Å²) in [6, 6.07) is 0. The number of unbranched alkanes of at least 4 members (excludes halogenated alkanes) is 13. The fourth-order valence-electron chi connectivity index (χ4n) is 2.82. The van der Waals surface area contributed by atoms with Crippen molar-refractivity contribution in [1.29, 1.82) is 0 Å². The van der Waals surface area contributed by atoms with Crippen LogP contribution in [0, 0.1) is 0 Å². The summed E-state index contributed by atoms with van der Waals surface area (Å²) < 4.78 is 1.12. The summed E-state index contributed by atoms with van der Waals surface area (Å²) in [5.41, 5.74) is 0. The van der Waals surface area contributed by atoms with Crippen molar-refractivity contribution in [3.8, 4) is 0 Å². The van der Waals surface area contributed by atoms with E-state index >= 15 is 0 Å². The van der Waals surface area contributed by atoms with Gasteiger partial charge in [-0.15, -0.1) is 6.58 Å². The number of allylic oxidation sites excluding steroid dienone is 1. The SMILES string of the molecule is C=CCCCCCCCCCCCCCCC[N+](C)(C)C. The van der Waals surface area contributed by atoms with Gasteiger partial charge in [-0.3, -0.25) is 0 Å². The highest BCUT2D eigenvalue weighted by molar-refractivity contribution is 4.65. The lowest BCUT2D eigenvalue weighted by Crippen LogP contribution is -2.35. The van der Waals surface area contributed by atoms with Gasteiger partial charge in [-0.1, -0.05) is 70.3 Å². The van der Waals surface area contributed by atoms with Gasteiger partial charge < -0.3 is 4.48 Å². The van der Waals surface area contributed by atoms with Gasteiger partial charge >= 0.3 is 0 Å². The third-order valence-electron chi connectivity index (χ3n) is 4.24. The van der Waals surface area contributed by atoms with Gasteiger partial charge in [0, 0.05) is 0 Å². The van der Waals surface area contributed by atoms with E-state index in [1.165, 1.54) is 96.4 Å². The number of hydrogen-bond donors (Lipinski definition) is 0. The van der Waals surface area contributed by atoms with Crippen molar-refractivity contribution in [3.05, 3.63) is 12.7 Å². The van der Waals surface area contributed by atoms with E-state index < -0.39 is 0 Å². The molecule has 0 fully saturated rings. The van der Waals surface area contributed by atoms with E-state index in [4.69, 9.17) is 0 Å². The van der Waals surface area contributed by atoms with Crippen molar-refractivity contribution in [3.63, 3.8) is 0 Å². The molecule has 0 aliphatic carbocycles. The minimum Gasteiger partial charge on any atom is -0.331 e. The fourth-order valence-corrected chi connectivity index (χ4v) is 2.82. The van der Waals surface area contributed by atoms with Crippen LogP contribution in [0.1, 0.15) is 89.9 Å². The van der Waals surface area contributed by atoms with Gasteiger partial charge in [0.25, 0.3) is 0 Å². The Bertz CT molecular complexity index is 214. The molecule has 0 aromatic rings. The first-order chi connectivity index (χ1) is 10.1. The lowest BCUT2D eigenvalue weighted by molar-refractivity contribution is -0.870. The van der Waals surface area contributed by atoms with Crippen LogP contribution in [0.3, 0.4) is 0 Å². The Morgan fingerprint density at radius 3 is 1.24 bits per heavy atom. The van der Waals surface area contributed by atoms with Gasteiger partial charge in [-0.05, 0) is 25.7 Å². The quantitative estimate of drug-likeness (QED) is 0.177. The van der Waals surface area contributed by atoms with Crippen molar-refractivity contribution >= 4 is 0 Å². The molecule has 0 saturated heterocycles. The summed E-state index contributed by atoms with van der Waals surface area (Å²) in [6.45, 7) is 5.10. The Labute approximate surface area is 135 Å². The van der Waals surface area contributed by atoms with Crippen LogP contribution in [0.5, 0.6) is 0 Å². The number of quaternary nitrogens is 1. The van der Waals surface area contributed by atoms with E-state index in [1.807, 2.05) is 6.08 Å². The molecule has 0 rings (SSSR count). The molecule has 1 nitrogen and oxygen atoms in total. The molecule has 21 heavy (non-hydrogen) atoms. The zero-order valence-electron chi connectivity index (χ0n) is 15.3. The third kappa shape index (κ3) is 19.7. The van der Waals surface area contributed by atoms with Gasteiger partial charge in [0.1, 0.15) is 0 Å². The van der Waals surface area contributed by atoms with E-state index in [9.17, 15) is 0 Å². The van der Waals surface area contributed by atoms with Gasteiger partial charge in [0.2, 0.25) is 0 Å². The first-order valence-electron chi connectivity index (χ1n) is 9.47. The second kappa shape index (κ2) is 14.6. The maximum atomic E-state index is 3.77. The largest absolute Gasteiger partial charge is 0.331 e. The summed E-state index contributed by atoms with van der Waals surface area (Å²) in [6.07, 6.45) is 21.9. The van der Waals surface area contributed by atoms with E-state index in [1.54, 1.807) is 0 Å². The molecule has 0 saturated carbocycles. The average Bonchev–Trinajstić information content (AvgIpc) is 2.42. The molecule has 0 amide bonds. The topological polar surface area (TPSA) is 0 Å². The normalized spacial score (nSPS) is 11.8. The average molecular weight is 297 g/mol. The minimum absolute atomic E-state index is 1.12. The van der Waals surface area contributed by atoms with Crippen LogP contribution in [0.15, 0.2) is 12.7 Å². The van der Waals surface area contributed by atoms with Crippen molar-refractivity contribution in [2.45, 2.75) is 89.9 Å². The first kappa shape index (κ1) is 20.7. The Kier molecular flexibility index (Phi) is 14.4. The van der Waals surface area contributed by atoms with Gasteiger partial charge in [-0.25, -0.2) is 0 Å². The lowest BCUT2D eigenvalue weighted by Gasteiger charge is -2.23. The van der Waals surface area contributed by atoms with Crippen molar-refractivity contribution in [1.82, 2.24) is 0 Å². The van der Waals surface area contributed by atoms with E-state index in [-0.39, 0.29) is 0 Å². The van der Waals surface area contributed by atoms with Crippen molar-refractivity contribution in [2.75, 3.05) is 27.7 Å². The van der Waals surface area contributed by atoms with Crippen LogP contribution < -0.4 is 0 Å². The Hall–Kier alpha value is -0.300. The van der Waals surface area contributed by atoms with Crippen LogP contribution in [-0.2, 0) is 0 Å². The summed E-state index contributed by atoms with van der Waals surface area (Å²) in [4.78, 5) is 0. The molecular formula is C20H42N+. The summed E-state index contributed by atoms with van der Waals surface area (Å²) in [5.74, 6) is 0. The van der Waals surface area contributed by atoms with Gasteiger partial charge in [0.15, 0.2) is 0 Å². The maximum Gasteiger partial charge on any atom is 0.0780 e. The smallest absolute Gasteiger partial charge is 0.0780 e. The van der Waals surface area contributed by atoms with Crippen LogP contribution in [0.2, 0.25) is 0 Å². The molecule has 0 N–H and O–H groups in total. The van der Waals surface area contributed by atoms with Gasteiger partial charge in [0.05, 0.1) is 27.7 Å². The number of rotatable bonds is 16. The zero-order valence-corrected chi connectivity index (χ0v) is 15.3. The zero-order chi connectivity index (χ0) is 15.8. The van der Waals surface area contributed by atoms with E-state index in [0.29, 0.717) is 0 Å². The molecule has 0 spiro atoms. The molecule has 0 unspecified atom stereocenters. The highest BCUT2D eigenvalue weighted by Gasteiger charge is 2.04. The lowest BCUT2D eigenvalue weighted by atomic mass is 10.0. The maximum absolute atomic E-state index is 3.77. The highest BCUT2D eigenvalue weighted by Crippen LogP contribution is 2.13. The minimum atomic E-state index is 1.12. The first-order valence-corrected chi connectivity index (χ1v) is 9.47. The molecule has 126 valence electrons. The fraction of sp³-hybridized carbons (Fsp3) is 0.900. The molecule has 0 aromatic heterocycles. The Morgan fingerprint density at radius 1 is 0.571 bits per heavy atom. The highest BCUT2D eigenvalue weighted by atomic mass is 15.3. The van der Waals surface area contributed by atoms with Crippen LogP contribution in [0.4, 0.5) is 0 Å². The molecule has 0 heterocycles. The molecule has 0 atom stereocenters. The second-order valence-corrected chi connectivity index (χ2v) is 7.69. The molecule has 0 radical (unpaired) electrons. The molecule has 1 heteroatoms. The van der Waals surface area contributed by atoms with Crippen LogP contribution in [0.25, 0.3) is 0 Å². The predicted molar refractivity (Wildman–Crippen MR) is 97.7 cm³/mol. The molecule has 0 bridgehead atoms. The van der Waals surface area contributed by atoms with Crippen LogP contribution >= 0.6 is 0 Å². The van der Waals surface area contributed by atoms with Crippen molar-refractivity contribution in [2.24, 2.45) is 0 Å². The van der Waals surface area contributed by atoms with Crippen molar-refractivity contribution < 1.29 is 4.48 Å². The molecular weight excluding hydrogens is 254 g/mol. The van der Waals surface area contributed by atoms with Crippen LogP contribution in [-0.4, -0.2) is 32.2 Å². The third-order valence-corrected chi connectivity index (χ3v) is 4.24. The predicted octanol–water partition coefficient (Wildman–Crippen LogP) is 6.34. The summed E-state index contributed by atoms with van der Waals surface area (Å²) >= 11 is 0. The van der Waals surface area contributed by atoms with Gasteiger partial charge in [-0.2, -0.15) is 0 Å². The molecule has 0 aromatic carbocycles. The Morgan fingerprint density at radius 2 is 0.905 bits per heavy atom. The Balaban J connectivity index is 3.01. The summed E-state index contributed by atoms with van der Waals surface area (Å²) in [7, 11) is 6.87. The summed E-state index contributed by atoms with van der Waals surface area (Å²) in [5, 5.41) is 0. The van der Waals surface area contributed by atoms with E-state index in [2.05, 4.69) is 27.7 Å².